The lowest BCUT2D eigenvalue weighted by molar-refractivity contribution is -0.151. The zero-order chi connectivity index (χ0) is 13.9. The van der Waals surface area contributed by atoms with Gasteiger partial charge in [0.25, 0.3) is 0 Å². The van der Waals surface area contributed by atoms with E-state index in [4.69, 9.17) is 9.84 Å². The fourth-order valence-electron chi connectivity index (χ4n) is 2.81. The zero-order valence-corrected chi connectivity index (χ0v) is 11.4. The Bertz CT molecular complexity index is 353. The normalized spacial score (nSPS) is 32.1. The van der Waals surface area contributed by atoms with Gasteiger partial charge < -0.3 is 20.1 Å². The maximum Gasteiger partial charge on any atom is 0.306 e. The molecule has 2 aliphatic heterocycles. The quantitative estimate of drug-likeness (QED) is 0.767. The van der Waals surface area contributed by atoms with Crippen LogP contribution < -0.4 is 5.32 Å². The highest BCUT2D eigenvalue weighted by molar-refractivity contribution is 5.86. The number of carbonyl (C=O) groups is 2. The lowest BCUT2D eigenvalue weighted by Gasteiger charge is -2.41. The Morgan fingerprint density at radius 3 is 2.89 bits per heavy atom. The largest absolute Gasteiger partial charge is 0.481 e. The van der Waals surface area contributed by atoms with Crippen LogP contribution in [0.25, 0.3) is 0 Å². The number of hydrogen-bond donors (Lipinski definition) is 2. The average Bonchev–Trinajstić information content (AvgIpc) is 2.38. The minimum absolute atomic E-state index is 0.0477. The molecule has 2 atom stereocenters. The van der Waals surface area contributed by atoms with Crippen LogP contribution in [-0.4, -0.2) is 59.8 Å². The number of aliphatic carboxylic acids is 1. The molecule has 2 aliphatic rings. The summed E-state index contributed by atoms with van der Waals surface area (Å²) in [5.74, 6) is -0.813. The van der Waals surface area contributed by atoms with Crippen LogP contribution in [0.5, 0.6) is 0 Å². The van der Waals surface area contributed by atoms with Crippen molar-refractivity contribution in [2.24, 2.45) is 0 Å². The third-order valence-corrected chi connectivity index (χ3v) is 3.92. The van der Waals surface area contributed by atoms with Gasteiger partial charge in [-0.1, -0.05) is 0 Å². The van der Waals surface area contributed by atoms with Gasteiger partial charge in [0.05, 0.1) is 24.7 Å². The van der Waals surface area contributed by atoms with Gasteiger partial charge in [-0.25, -0.2) is 0 Å². The van der Waals surface area contributed by atoms with Crippen LogP contribution in [0, 0.1) is 0 Å². The fourth-order valence-corrected chi connectivity index (χ4v) is 2.81. The number of nitrogens with zero attached hydrogens (tertiary/aromatic N) is 1. The Morgan fingerprint density at radius 1 is 1.47 bits per heavy atom. The predicted octanol–water partition coefficient (Wildman–Crippen LogP) is 0.221. The maximum atomic E-state index is 12.6. The van der Waals surface area contributed by atoms with E-state index in [1.54, 1.807) is 4.90 Å². The highest BCUT2D eigenvalue weighted by Crippen LogP contribution is 2.22. The summed E-state index contributed by atoms with van der Waals surface area (Å²) < 4.78 is 5.39. The van der Waals surface area contributed by atoms with Crippen molar-refractivity contribution in [1.29, 1.82) is 0 Å². The molecule has 2 saturated heterocycles. The Hall–Kier alpha value is -1.14. The number of hydrogen-bond acceptors (Lipinski definition) is 4. The minimum Gasteiger partial charge on any atom is -0.481 e. The molecule has 0 aromatic heterocycles. The second-order valence-corrected chi connectivity index (χ2v) is 5.56. The molecule has 0 spiro atoms. The van der Waals surface area contributed by atoms with Gasteiger partial charge in [0.2, 0.25) is 5.91 Å². The number of ether oxygens (including phenoxy) is 1. The summed E-state index contributed by atoms with van der Waals surface area (Å²) in [7, 11) is 0. The molecule has 2 heterocycles. The molecule has 19 heavy (non-hydrogen) atoms. The lowest BCUT2D eigenvalue weighted by Crippen LogP contribution is -2.60. The van der Waals surface area contributed by atoms with E-state index in [2.05, 4.69) is 5.32 Å². The van der Waals surface area contributed by atoms with Gasteiger partial charge >= 0.3 is 5.97 Å². The second-order valence-electron chi connectivity index (χ2n) is 5.56. The first-order chi connectivity index (χ1) is 9.01. The summed E-state index contributed by atoms with van der Waals surface area (Å²) in [4.78, 5) is 25.0. The molecule has 2 unspecified atom stereocenters. The summed E-state index contributed by atoms with van der Waals surface area (Å²) in [5.41, 5.74) is -0.497. The van der Waals surface area contributed by atoms with Gasteiger partial charge in [0.1, 0.15) is 0 Å². The predicted molar refractivity (Wildman–Crippen MR) is 68.8 cm³/mol. The zero-order valence-electron chi connectivity index (χ0n) is 11.4. The molecule has 6 nitrogen and oxygen atoms in total. The van der Waals surface area contributed by atoms with Crippen LogP contribution in [0.2, 0.25) is 0 Å². The second kappa shape index (κ2) is 5.88. The molecule has 0 saturated carbocycles. The average molecular weight is 270 g/mol. The van der Waals surface area contributed by atoms with Gasteiger partial charge in [0.15, 0.2) is 0 Å². The molecular weight excluding hydrogens is 248 g/mol. The van der Waals surface area contributed by atoms with E-state index in [0.29, 0.717) is 19.7 Å². The topological polar surface area (TPSA) is 78.9 Å². The number of piperidine rings is 1. The number of carboxylic acid groups (broad SMARTS) is 1. The Morgan fingerprint density at radius 2 is 2.26 bits per heavy atom. The van der Waals surface area contributed by atoms with Crippen LogP contribution in [0.4, 0.5) is 0 Å². The third-order valence-electron chi connectivity index (χ3n) is 3.92. The van der Waals surface area contributed by atoms with E-state index in [0.717, 1.165) is 25.8 Å². The Balaban J connectivity index is 1.96. The Kier molecular flexibility index (Phi) is 4.42. The lowest BCUT2D eigenvalue weighted by atomic mass is 9.89. The number of morpholine rings is 1. The first kappa shape index (κ1) is 14.3. The highest BCUT2D eigenvalue weighted by atomic mass is 16.5. The van der Waals surface area contributed by atoms with Gasteiger partial charge in [-0.2, -0.15) is 0 Å². The SMILES string of the molecule is CC1(C(=O)N2CCOC(CC(=O)O)C2)CCCCN1. The fraction of sp³-hybridized carbons (Fsp3) is 0.846. The van der Waals surface area contributed by atoms with Crippen LogP contribution in [0.3, 0.4) is 0 Å². The van der Waals surface area contributed by atoms with Gasteiger partial charge in [-0.3, -0.25) is 9.59 Å². The van der Waals surface area contributed by atoms with E-state index < -0.39 is 11.5 Å². The third kappa shape index (κ3) is 3.45. The molecule has 2 rings (SSSR count). The molecule has 2 N–H and O–H groups in total. The molecule has 0 aromatic carbocycles. The van der Waals surface area contributed by atoms with Crippen molar-refractivity contribution in [3.8, 4) is 0 Å². The standard InChI is InChI=1S/C13H22N2O4/c1-13(4-2-3-5-14-13)12(18)15-6-7-19-10(9-15)8-11(16)17/h10,14H,2-9H2,1H3,(H,16,17). The first-order valence-corrected chi connectivity index (χ1v) is 6.89. The minimum atomic E-state index is -0.888. The van der Waals surface area contributed by atoms with Crippen molar-refractivity contribution in [3.05, 3.63) is 0 Å². The van der Waals surface area contributed by atoms with Crippen molar-refractivity contribution in [2.75, 3.05) is 26.2 Å². The summed E-state index contributed by atoms with van der Waals surface area (Å²) in [6.07, 6.45) is 2.56. The molecule has 6 heteroatoms. The summed E-state index contributed by atoms with van der Waals surface area (Å²) in [5, 5.41) is 12.1. The van der Waals surface area contributed by atoms with Gasteiger partial charge in [-0.15, -0.1) is 0 Å². The van der Waals surface area contributed by atoms with E-state index in [1.165, 1.54) is 0 Å². The van der Waals surface area contributed by atoms with Crippen molar-refractivity contribution in [2.45, 2.75) is 44.2 Å². The number of carboxylic acids is 1. The summed E-state index contributed by atoms with van der Waals surface area (Å²) in [6.45, 7) is 4.15. The summed E-state index contributed by atoms with van der Waals surface area (Å²) >= 11 is 0. The van der Waals surface area contributed by atoms with Gasteiger partial charge in [0, 0.05) is 13.1 Å². The van der Waals surface area contributed by atoms with Crippen molar-refractivity contribution in [3.63, 3.8) is 0 Å². The number of carbonyl (C=O) groups excluding carboxylic acids is 1. The number of rotatable bonds is 3. The smallest absolute Gasteiger partial charge is 0.306 e. The molecule has 0 aliphatic carbocycles. The molecular formula is C13H22N2O4. The molecule has 108 valence electrons. The summed E-state index contributed by atoms with van der Waals surface area (Å²) in [6, 6.07) is 0. The molecule has 1 amide bonds. The number of amides is 1. The van der Waals surface area contributed by atoms with Crippen LogP contribution in [0.15, 0.2) is 0 Å². The van der Waals surface area contributed by atoms with E-state index in [9.17, 15) is 9.59 Å². The van der Waals surface area contributed by atoms with Crippen molar-refractivity contribution in [1.82, 2.24) is 10.2 Å². The van der Waals surface area contributed by atoms with Crippen molar-refractivity contribution >= 4 is 11.9 Å². The van der Waals surface area contributed by atoms with Crippen LogP contribution in [0.1, 0.15) is 32.6 Å². The van der Waals surface area contributed by atoms with Crippen LogP contribution >= 0.6 is 0 Å². The maximum absolute atomic E-state index is 12.6. The first-order valence-electron chi connectivity index (χ1n) is 6.89. The molecule has 0 radical (unpaired) electrons. The molecule has 0 bridgehead atoms. The monoisotopic (exact) mass is 270 g/mol. The van der Waals surface area contributed by atoms with E-state index >= 15 is 0 Å². The molecule has 2 fully saturated rings. The number of nitrogens with one attached hydrogen (secondary N) is 1. The van der Waals surface area contributed by atoms with E-state index in [1.807, 2.05) is 6.92 Å². The van der Waals surface area contributed by atoms with Gasteiger partial charge in [-0.05, 0) is 32.7 Å². The van der Waals surface area contributed by atoms with Crippen LogP contribution in [-0.2, 0) is 14.3 Å². The Labute approximate surface area is 113 Å². The van der Waals surface area contributed by atoms with Crippen molar-refractivity contribution < 1.29 is 19.4 Å². The van der Waals surface area contributed by atoms with E-state index in [-0.39, 0.29) is 18.4 Å². The molecule has 0 aromatic rings. The highest BCUT2D eigenvalue weighted by Gasteiger charge is 2.39.